The summed E-state index contributed by atoms with van der Waals surface area (Å²) in [5, 5.41) is 4.25. The van der Waals surface area contributed by atoms with Crippen molar-refractivity contribution in [3.63, 3.8) is 0 Å². The van der Waals surface area contributed by atoms with E-state index in [1.165, 1.54) is 12.3 Å². The molecule has 0 amide bonds. The van der Waals surface area contributed by atoms with Crippen LogP contribution in [0.25, 0.3) is 21.9 Å². The average Bonchev–Trinajstić information content (AvgIpc) is 3.22. The number of aromatic amines is 1. The predicted octanol–water partition coefficient (Wildman–Crippen LogP) is 4.53. The van der Waals surface area contributed by atoms with Crippen LogP contribution >= 0.6 is 0 Å². The molecule has 0 spiro atoms. The summed E-state index contributed by atoms with van der Waals surface area (Å²) in [6.07, 6.45) is 5.66. The van der Waals surface area contributed by atoms with Crippen LogP contribution in [0.4, 0.5) is 4.39 Å². The van der Waals surface area contributed by atoms with Gasteiger partial charge in [0.1, 0.15) is 5.82 Å². The Labute approximate surface area is 173 Å². The summed E-state index contributed by atoms with van der Waals surface area (Å²) in [5.74, 6) is -0.323. The van der Waals surface area contributed by atoms with Gasteiger partial charge in [-0.25, -0.2) is 9.37 Å². The lowest BCUT2D eigenvalue weighted by Gasteiger charge is -2.08. The second-order valence-corrected chi connectivity index (χ2v) is 7.33. The van der Waals surface area contributed by atoms with E-state index in [1.807, 2.05) is 48.8 Å². The highest BCUT2D eigenvalue weighted by atomic mass is 19.1. The minimum absolute atomic E-state index is 0.323. The Morgan fingerprint density at radius 1 is 0.833 bits per heavy atom. The minimum atomic E-state index is -0.323. The maximum absolute atomic E-state index is 13.5. The molecule has 1 aromatic carbocycles. The van der Waals surface area contributed by atoms with Crippen LogP contribution in [0.15, 0.2) is 73.2 Å². The number of hydrogen-bond acceptors (Lipinski definition) is 4. The maximum atomic E-state index is 13.5. The topological polar surface area (TPSA) is 66.5 Å². The predicted molar refractivity (Wildman–Crippen MR) is 115 cm³/mol. The van der Waals surface area contributed by atoms with Crippen molar-refractivity contribution in [1.29, 1.82) is 0 Å². The first-order valence-corrected chi connectivity index (χ1v) is 9.85. The smallest absolute Gasteiger partial charge is 0.142 e. The van der Waals surface area contributed by atoms with E-state index in [0.29, 0.717) is 13.0 Å². The molecule has 4 heterocycles. The van der Waals surface area contributed by atoms with Crippen LogP contribution in [-0.4, -0.2) is 19.9 Å². The van der Waals surface area contributed by atoms with Crippen molar-refractivity contribution in [3.05, 3.63) is 102 Å². The molecular weight excluding hydrogens is 377 g/mol. The van der Waals surface area contributed by atoms with Crippen LogP contribution in [-0.2, 0) is 19.5 Å². The molecule has 30 heavy (non-hydrogen) atoms. The summed E-state index contributed by atoms with van der Waals surface area (Å²) in [6.45, 7) is 1.43. The number of benzene rings is 1. The monoisotopic (exact) mass is 397 g/mol. The van der Waals surface area contributed by atoms with E-state index in [0.717, 1.165) is 51.0 Å². The lowest BCUT2D eigenvalue weighted by atomic mass is 10.1. The molecule has 0 unspecified atom stereocenters. The van der Waals surface area contributed by atoms with E-state index in [1.54, 1.807) is 0 Å². The Bertz CT molecular complexity index is 1330. The summed E-state index contributed by atoms with van der Waals surface area (Å²) < 4.78 is 13.5. The molecule has 5 nitrogen and oxygen atoms in total. The van der Waals surface area contributed by atoms with Crippen LogP contribution in [0.3, 0.4) is 0 Å². The van der Waals surface area contributed by atoms with Gasteiger partial charge in [-0.2, -0.15) is 0 Å². The Morgan fingerprint density at radius 2 is 1.80 bits per heavy atom. The number of pyridine rings is 3. The Morgan fingerprint density at radius 3 is 2.77 bits per heavy atom. The molecule has 5 rings (SSSR count). The second-order valence-electron chi connectivity index (χ2n) is 7.33. The van der Waals surface area contributed by atoms with E-state index < -0.39 is 0 Å². The van der Waals surface area contributed by atoms with Crippen molar-refractivity contribution < 1.29 is 4.39 Å². The van der Waals surface area contributed by atoms with Crippen molar-refractivity contribution >= 4 is 21.9 Å². The van der Waals surface area contributed by atoms with Crippen molar-refractivity contribution in [2.75, 3.05) is 0 Å². The Hall–Kier alpha value is -3.64. The van der Waals surface area contributed by atoms with Crippen molar-refractivity contribution in [3.8, 4) is 0 Å². The van der Waals surface area contributed by atoms with E-state index in [9.17, 15) is 4.39 Å². The van der Waals surface area contributed by atoms with E-state index in [4.69, 9.17) is 0 Å². The van der Waals surface area contributed by atoms with E-state index >= 15 is 0 Å². The number of fused-ring (bicyclic) bond motifs is 2. The molecule has 0 bridgehead atoms. The standard InChI is InChI=1S/C24H20FN5/c25-19-12-18-9-16(1-3-22(18)29-14-19)10-21-11-17(5-7-27-21)13-26-15-20-2-4-23-24(30-20)6-8-28-23/h1-9,11-12,14,26,28H,10,13,15H2. The van der Waals surface area contributed by atoms with Crippen LogP contribution in [0, 0.1) is 5.82 Å². The molecule has 0 saturated carbocycles. The van der Waals surface area contributed by atoms with Gasteiger partial charge in [0.15, 0.2) is 0 Å². The maximum Gasteiger partial charge on any atom is 0.142 e. The van der Waals surface area contributed by atoms with Crippen molar-refractivity contribution in [1.82, 2.24) is 25.3 Å². The first kappa shape index (κ1) is 18.4. The molecule has 0 saturated heterocycles. The lowest BCUT2D eigenvalue weighted by molar-refractivity contribution is 0.624. The average molecular weight is 397 g/mol. The van der Waals surface area contributed by atoms with Gasteiger partial charge in [0.25, 0.3) is 0 Å². The first-order chi connectivity index (χ1) is 14.7. The molecular formula is C24H20FN5. The molecule has 0 aliphatic carbocycles. The van der Waals surface area contributed by atoms with Gasteiger partial charge in [0.05, 0.1) is 28.4 Å². The molecule has 0 atom stereocenters. The molecule has 6 heteroatoms. The zero-order valence-electron chi connectivity index (χ0n) is 16.3. The normalized spacial score (nSPS) is 11.4. The van der Waals surface area contributed by atoms with Gasteiger partial charge in [0.2, 0.25) is 0 Å². The largest absolute Gasteiger partial charge is 0.360 e. The first-order valence-electron chi connectivity index (χ1n) is 9.85. The fraction of sp³-hybridized carbons (Fsp3) is 0.125. The van der Waals surface area contributed by atoms with Crippen LogP contribution in [0.1, 0.15) is 22.5 Å². The highest BCUT2D eigenvalue weighted by Crippen LogP contribution is 2.17. The summed E-state index contributed by atoms with van der Waals surface area (Å²) in [4.78, 5) is 16.4. The number of aromatic nitrogens is 4. The highest BCUT2D eigenvalue weighted by Gasteiger charge is 2.04. The zero-order chi connectivity index (χ0) is 20.3. The van der Waals surface area contributed by atoms with Gasteiger partial charge < -0.3 is 10.3 Å². The van der Waals surface area contributed by atoms with Gasteiger partial charge in [-0.1, -0.05) is 6.07 Å². The quantitative estimate of drug-likeness (QED) is 0.442. The summed E-state index contributed by atoms with van der Waals surface area (Å²) in [7, 11) is 0. The van der Waals surface area contributed by atoms with Gasteiger partial charge in [-0.05, 0) is 59.7 Å². The third kappa shape index (κ3) is 4.04. The van der Waals surface area contributed by atoms with Gasteiger partial charge in [-0.3, -0.25) is 9.97 Å². The zero-order valence-corrected chi connectivity index (χ0v) is 16.3. The van der Waals surface area contributed by atoms with Crippen LogP contribution in [0.5, 0.6) is 0 Å². The molecule has 0 radical (unpaired) electrons. The Kier molecular flexibility index (Phi) is 4.91. The van der Waals surface area contributed by atoms with Crippen LogP contribution < -0.4 is 5.32 Å². The van der Waals surface area contributed by atoms with Crippen molar-refractivity contribution in [2.24, 2.45) is 0 Å². The van der Waals surface area contributed by atoms with Gasteiger partial charge >= 0.3 is 0 Å². The third-order valence-electron chi connectivity index (χ3n) is 5.08. The highest BCUT2D eigenvalue weighted by molar-refractivity contribution is 5.79. The fourth-order valence-corrected chi connectivity index (χ4v) is 3.62. The van der Waals surface area contributed by atoms with Crippen molar-refractivity contribution in [2.45, 2.75) is 19.5 Å². The number of hydrogen-bond donors (Lipinski definition) is 2. The van der Waals surface area contributed by atoms with Gasteiger partial charge in [0, 0.05) is 43.0 Å². The molecule has 2 N–H and O–H groups in total. The van der Waals surface area contributed by atoms with Gasteiger partial charge in [-0.15, -0.1) is 0 Å². The Balaban J connectivity index is 1.24. The number of H-pyrrole nitrogens is 1. The van der Waals surface area contributed by atoms with E-state index in [-0.39, 0.29) is 5.82 Å². The third-order valence-corrected chi connectivity index (χ3v) is 5.08. The molecule has 4 aromatic heterocycles. The fourth-order valence-electron chi connectivity index (χ4n) is 3.62. The second kappa shape index (κ2) is 8.00. The molecule has 0 fully saturated rings. The van der Waals surface area contributed by atoms with Crippen LogP contribution in [0.2, 0.25) is 0 Å². The molecule has 148 valence electrons. The lowest BCUT2D eigenvalue weighted by Crippen LogP contribution is -2.14. The molecule has 0 aliphatic heterocycles. The minimum Gasteiger partial charge on any atom is -0.360 e. The SMILES string of the molecule is Fc1cnc2ccc(Cc3cc(CNCc4ccc5[nH]ccc5n4)ccn3)cc2c1. The number of nitrogens with zero attached hydrogens (tertiary/aromatic N) is 3. The summed E-state index contributed by atoms with van der Waals surface area (Å²) >= 11 is 0. The number of rotatable bonds is 6. The summed E-state index contributed by atoms with van der Waals surface area (Å²) in [5.41, 5.74) is 7.04. The molecule has 5 aromatic rings. The number of nitrogens with one attached hydrogen (secondary N) is 2. The van der Waals surface area contributed by atoms with E-state index in [2.05, 4.69) is 37.4 Å². The summed E-state index contributed by atoms with van der Waals surface area (Å²) in [6, 6.07) is 17.6. The molecule has 0 aliphatic rings. The number of halogens is 1.